The quantitative estimate of drug-likeness (QED) is 0.900. The smallest absolute Gasteiger partial charge is 0.0548 e. The van der Waals surface area contributed by atoms with E-state index in [1.165, 1.54) is 31.7 Å². The first-order valence-electron chi connectivity index (χ1n) is 6.68. The summed E-state index contributed by atoms with van der Waals surface area (Å²) in [5, 5.41) is 3.73. The average molecular weight is 310 g/mol. The topological polar surface area (TPSA) is 41.3 Å². The number of hydrogen-bond donors (Lipinski definition) is 2. The number of benzene rings is 1. The van der Waals surface area contributed by atoms with Gasteiger partial charge >= 0.3 is 0 Å². The Hall–Kier alpha value is -0.580. The number of nitrogens with zero attached hydrogens (tertiary/aromatic N) is 1. The van der Waals surface area contributed by atoms with Gasteiger partial charge in [0, 0.05) is 29.8 Å². The Morgan fingerprint density at radius 1 is 1.44 bits per heavy atom. The third kappa shape index (κ3) is 2.17. The molecule has 98 valence electrons. The molecule has 4 heteroatoms. The third-order valence-electron chi connectivity index (χ3n) is 4.51. The number of anilines is 1. The molecule has 2 aliphatic heterocycles. The van der Waals surface area contributed by atoms with E-state index in [1.54, 1.807) is 0 Å². The Kier molecular flexibility index (Phi) is 3.34. The summed E-state index contributed by atoms with van der Waals surface area (Å²) in [4.78, 5) is 2.56. The van der Waals surface area contributed by atoms with Gasteiger partial charge in [-0.05, 0) is 43.5 Å². The molecule has 0 radical (unpaired) electrons. The minimum atomic E-state index is 0.0911. The zero-order valence-electron chi connectivity index (χ0n) is 10.5. The maximum absolute atomic E-state index is 6.12. The summed E-state index contributed by atoms with van der Waals surface area (Å²) in [6, 6.07) is 8.39. The highest BCUT2D eigenvalue weighted by atomic mass is 79.9. The SMILES string of the molecule is NCC1(Nc2cccc(Br)c2)CCN2CCC1C2. The van der Waals surface area contributed by atoms with Gasteiger partial charge in [-0.3, -0.25) is 0 Å². The summed E-state index contributed by atoms with van der Waals surface area (Å²) >= 11 is 3.53. The van der Waals surface area contributed by atoms with E-state index in [2.05, 4.69) is 50.4 Å². The van der Waals surface area contributed by atoms with Gasteiger partial charge in [0.1, 0.15) is 0 Å². The fourth-order valence-electron chi connectivity index (χ4n) is 3.39. The zero-order valence-corrected chi connectivity index (χ0v) is 12.1. The lowest BCUT2D eigenvalue weighted by Gasteiger charge is -2.43. The van der Waals surface area contributed by atoms with Gasteiger partial charge < -0.3 is 16.0 Å². The van der Waals surface area contributed by atoms with Crippen LogP contribution >= 0.6 is 15.9 Å². The number of halogens is 1. The fourth-order valence-corrected chi connectivity index (χ4v) is 3.79. The van der Waals surface area contributed by atoms with Crippen molar-refractivity contribution in [2.24, 2.45) is 11.7 Å². The highest BCUT2D eigenvalue weighted by Crippen LogP contribution is 2.37. The molecule has 2 bridgehead atoms. The molecule has 2 fully saturated rings. The fraction of sp³-hybridized carbons (Fsp3) is 0.571. The maximum atomic E-state index is 6.12. The van der Waals surface area contributed by atoms with Crippen LogP contribution in [0, 0.1) is 5.92 Å². The van der Waals surface area contributed by atoms with Crippen LogP contribution in [-0.2, 0) is 0 Å². The third-order valence-corrected chi connectivity index (χ3v) is 5.00. The van der Waals surface area contributed by atoms with Crippen molar-refractivity contribution in [3.05, 3.63) is 28.7 Å². The number of nitrogens with one attached hydrogen (secondary N) is 1. The largest absolute Gasteiger partial charge is 0.378 e. The first-order valence-corrected chi connectivity index (χ1v) is 7.47. The van der Waals surface area contributed by atoms with Crippen LogP contribution in [0.5, 0.6) is 0 Å². The predicted octanol–water partition coefficient (Wildman–Crippen LogP) is 2.28. The molecule has 3 rings (SSSR count). The molecule has 0 spiro atoms. The van der Waals surface area contributed by atoms with Crippen LogP contribution in [0.25, 0.3) is 0 Å². The minimum Gasteiger partial charge on any atom is -0.378 e. The van der Waals surface area contributed by atoms with Crippen LogP contribution in [0.4, 0.5) is 5.69 Å². The van der Waals surface area contributed by atoms with Gasteiger partial charge in [-0.25, -0.2) is 0 Å². The lowest BCUT2D eigenvalue weighted by molar-refractivity contribution is 0.190. The molecule has 3 nitrogen and oxygen atoms in total. The lowest BCUT2D eigenvalue weighted by Crippen LogP contribution is -2.56. The lowest BCUT2D eigenvalue weighted by atomic mass is 9.78. The van der Waals surface area contributed by atoms with Crippen molar-refractivity contribution < 1.29 is 0 Å². The van der Waals surface area contributed by atoms with E-state index in [0.717, 1.165) is 17.4 Å². The van der Waals surface area contributed by atoms with Crippen LogP contribution in [0.1, 0.15) is 12.8 Å². The summed E-state index contributed by atoms with van der Waals surface area (Å²) in [7, 11) is 0. The molecule has 3 N–H and O–H groups in total. The standard InChI is InChI=1S/C14H20BrN3/c15-12-2-1-3-13(8-12)17-14(10-16)5-7-18-6-4-11(14)9-18/h1-3,8,11,17H,4-7,9-10,16H2. The first-order chi connectivity index (χ1) is 8.72. The van der Waals surface area contributed by atoms with Gasteiger partial charge in [0.25, 0.3) is 0 Å². The van der Waals surface area contributed by atoms with E-state index in [9.17, 15) is 0 Å². The summed E-state index contributed by atoms with van der Waals surface area (Å²) < 4.78 is 1.11. The summed E-state index contributed by atoms with van der Waals surface area (Å²) in [6.45, 7) is 4.34. The molecule has 0 aliphatic carbocycles. The second-order valence-electron chi connectivity index (χ2n) is 5.53. The van der Waals surface area contributed by atoms with Crippen molar-refractivity contribution in [1.82, 2.24) is 4.90 Å². The van der Waals surface area contributed by atoms with E-state index in [4.69, 9.17) is 5.73 Å². The van der Waals surface area contributed by atoms with Gasteiger partial charge in [0.05, 0.1) is 5.54 Å². The minimum absolute atomic E-state index is 0.0911. The van der Waals surface area contributed by atoms with Crippen LogP contribution in [0.2, 0.25) is 0 Å². The Labute approximate surface area is 117 Å². The summed E-state index contributed by atoms with van der Waals surface area (Å²) in [5.41, 5.74) is 7.38. The summed E-state index contributed by atoms with van der Waals surface area (Å²) in [5.74, 6) is 0.690. The molecule has 3 atom stereocenters. The van der Waals surface area contributed by atoms with Crippen molar-refractivity contribution in [2.75, 3.05) is 31.5 Å². The number of fused-ring (bicyclic) bond motifs is 2. The van der Waals surface area contributed by atoms with E-state index >= 15 is 0 Å². The summed E-state index contributed by atoms with van der Waals surface area (Å²) in [6.07, 6.45) is 2.43. The Balaban J connectivity index is 1.83. The average Bonchev–Trinajstić information content (AvgIpc) is 2.78. The highest BCUT2D eigenvalue weighted by molar-refractivity contribution is 9.10. The van der Waals surface area contributed by atoms with Crippen LogP contribution in [0.3, 0.4) is 0 Å². The number of hydrogen-bond acceptors (Lipinski definition) is 3. The highest BCUT2D eigenvalue weighted by Gasteiger charge is 2.45. The van der Waals surface area contributed by atoms with Gasteiger partial charge in [-0.1, -0.05) is 22.0 Å². The van der Waals surface area contributed by atoms with Gasteiger partial charge in [-0.15, -0.1) is 0 Å². The maximum Gasteiger partial charge on any atom is 0.0548 e. The first kappa shape index (κ1) is 12.5. The Bertz CT molecular complexity index is 437. The van der Waals surface area contributed by atoms with Crippen LogP contribution in [0.15, 0.2) is 28.7 Å². The van der Waals surface area contributed by atoms with Gasteiger partial charge in [0.2, 0.25) is 0 Å². The monoisotopic (exact) mass is 309 g/mol. The van der Waals surface area contributed by atoms with Crippen molar-refractivity contribution >= 4 is 21.6 Å². The van der Waals surface area contributed by atoms with Gasteiger partial charge in [0.15, 0.2) is 0 Å². The van der Waals surface area contributed by atoms with E-state index < -0.39 is 0 Å². The molecule has 2 heterocycles. The Morgan fingerprint density at radius 3 is 3.11 bits per heavy atom. The van der Waals surface area contributed by atoms with Crippen LogP contribution < -0.4 is 11.1 Å². The molecule has 3 unspecified atom stereocenters. The molecule has 18 heavy (non-hydrogen) atoms. The second-order valence-corrected chi connectivity index (χ2v) is 6.45. The molecule has 2 aliphatic rings. The van der Waals surface area contributed by atoms with E-state index in [0.29, 0.717) is 5.92 Å². The van der Waals surface area contributed by atoms with E-state index in [-0.39, 0.29) is 5.54 Å². The number of rotatable bonds is 3. The normalized spacial score (nSPS) is 34.6. The molecule has 0 amide bonds. The van der Waals surface area contributed by atoms with Crippen molar-refractivity contribution in [3.63, 3.8) is 0 Å². The number of piperidine rings is 1. The van der Waals surface area contributed by atoms with E-state index in [1.807, 2.05) is 0 Å². The Morgan fingerprint density at radius 2 is 2.33 bits per heavy atom. The zero-order chi connectivity index (χ0) is 12.6. The molecule has 0 aromatic heterocycles. The molecule has 0 saturated carbocycles. The van der Waals surface area contributed by atoms with Crippen LogP contribution in [-0.4, -0.2) is 36.6 Å². The van der Waals surface area contributed by atoms with Gasteiger partial charge in [-0.2, -0.15) is 0 Å². The predicted molar refractivity (Wildman–Crippen MR) is 78.7 cm³/mol. The number of nitrogens with two attached hydrogens (primary N) is 1. The molecule has 2 saturated heterocycles. The van der Waals surface area contributed by atoms with Crippen molar-refractivity contribution in [2.45, 2.75) is 18.4 Å². The molecule has 1 aromatic carbocycles. The van der Waals surface area contributed by atoms with Crippen molar-refractivity contribution in [3.8, 4) is 0 Å². The molecular formula is C14H20BrN3. The van der Waals surface area contributed by atoms with Crippen molar-refractivity contribution in [1.29, 1.82) is 0 Å². The molecular weight excluding hydrogens is 290 g/mol. The molecule has 1 aromatic rings. The second kappa shape index (κ2) is 4.83.